The average molecular weight is 209 g/mol. The smallest absolute Gasteiger partial charge is 0.305 e. The molecule has 1 amide bonds. The molecule has 1 rings (SSSR count). The van der Waals surface area contributed by atoms with E-state index in [-0.39, 0.29) is 0 Å². The third-order valence-corrected chi connectivity index (χ3v) is 2.35. The number of amides is 1. The minimum absolute atomic E-state index is 0.448. The molecule has 0 atom stereocenters. The average Bonchev–Trinajstić information content (AvgIpc) is 2.27. The van der Waals surface area contributed by atoms with Crippen LogP contribution in [0.1, 0.15) is 0 Å². The van der Waals surface area contributed by atoms with Crippen molar-refractivity contribution < 1.29 is 9.59 Å². The summed E-state index contributed by atoms with van der Waals surface area (Å²) in [6, 6.07) is 9.07. The predicted octanol–water partition coefficient (Wildman–Crippen LogP) is 1.54. The van der Waals surface area contributed by atoms with Crippen LogP contribution in [-0.4, -0.2) is 24.3 Å². The third kappa shape index (κ3) is 2.35. The van der Waals surface area contributed by atoms with Crippen molar-refractivity contribution in [1.29, 1.82) is 0 Å². The van der Waals surface area contributed by atoms with Gasteiger partial charge >= 0.3 is 5.91 Å². The maximum absolute atomic E-state index is 11.4. The van der Waals surface area contributed by atoms with E-state index in [9.17, 15) is 9.59 Å². The maximum atomic E-state index is 11.4. The molecule has 4 heteroatoms. The molecule has 0 aliphatic heterocycles. The standard InChI is InChI=1S/C10H11NO2S/c1-11(9(12)10(13)14-2)8-6-4-3-5-7-8/h3-7H,1-2H3. The Kier molecular flexibility index (Phi) is 3.71. The van der Waals surface area contributed by atoms with Crippen LogP contribution in [0.25, 0.3) is 0 Å². The van der Waals surface area contributed by atoms with Gasteiger partial charge in [-0.3, -0.25) is 9.59 Å². The van der Waals surface area contributed by atoms with Crippen molar-refractivity contribution in [1.82, 2.24) is 0 Å². The van der Waals surface area contributed by atoms with Crippen molar-refractivity contribution in [3.05, 3.63) is 30.3 Å². The molecule has 74 valence electrons. The Morgan fingerprint density at radius 3 is 2.29 bits per heavy atom. The van der Waals surface area contributed by atoms with Crippen LogP contribution in [0.3, 0.4) is 0 Å². The number of likely N-dealkylation sites (N-methyl/N-ethyl adjacent to an activating group) is 1. The highest BCUT2D eigenvalue weighted by atomic mass is 32.2. The van der Waals surface area contributed by atoms with Gasteiger partial charge in [0.05, 0.1) is 0 Å². The number of anilines is 1. The van der Waals surface area contributed by atoms with Gasteiger partial charge in [0, 0.05) is 12.7 Å². The van der Waals surface area contributed by atoms with Crippen molar-refractivity contribution in [2.45, 2.75) is 0 Å². The van der Waals surface area contributed by atoms with Crippen LogP contribution in [-0.2, 0) is 9.59 Å². The van der Waals surface area contributed by atoms with E-state index in [2.05, 4.69) is 0 Å². The van der Waals surface area contributed by atoms with Gasteiger partial charge in [0.1, 0.15) is 0 Å². The minimum atomic E-state index is -0.497. The summed E-state index contributed by atoms with van der Waals surface area (Å²) in [7, 11) is 1.59. The van der Waals surface area contributed by atoms with Gasteiger partial charge in [-0.2, -0.15) is 0 Å². The van der Waals surface area contributed by atoms with E-state index >= 15 is 0 Å². The van der Waals surface area contributed by atoms with E-state index in [1.165, 1.54) is 4.90 Å². The molecule has 0 radical (unpaired) electrons. The molecule has 0 N–H and O–H groups in total. The maximum Gasteiger partial charge on any atom is 0.305 e. The highest BCUT2D eigenvalue weighted by molar-refractivity contribution is 8.14. The molecule has 1 aromatic rings. The second-order valence-electron chi connectivity index (χ2n) is 2.69. The number of benzene rings is 1. The lowest BCUT2D eigenvalue weighted by Crippen LogP contribution is -2.31. The fourth-order valence-corrected chi connectivity index (χ4v) is 1.30. The largest absolute Gasteiger partial charge is 0.308 e. The Morgan fingerprint density at radius 1 is 1.21 bits per heavy atom. The summed E-state index contributed by atoms with van der Waals surface area (Å²) >= 11 is 0.926. The molecule has 0 aliphatic carbocycles. The molecule has 0 fully saturated rings. The Bertz CT molecular complexity index is 337. The molecule has 0 bridgehead atoms. The fraction of sp³-hybridized carbons (Fsp3) is 0.200. The zero-order valence-electron chi connectivity index (χ0n) is 8.06. The summed E-state index contributed by atoms with van der Waals surface area (Å²) in [5.74, 6) is -0.497. The van der Waals surface area contributed by atoms with Gasteiger partial charge in [0.2, 0.25) is 0 Å². The zero-order valence-corrected chi connectivity index (χ0v) is 8.88. The molecule has 3 nitrogen and oxygen atoms in total. The van der Waals surface area contributed by atoms with Crippen LogP contribution in [0.15, 0.2) is 30.3 Å². The van der Waals surface area contributed by atoms with Gasteiger partial charge in [-0.15, -0.1) is 0 Å². The quantitative estimate of drug-likeness (QED) is 0.658. The third-order valence-electron chi connectivity index (χ3n) is 1.81. The van der Waals surface area contributed by atoms with Crippen LogP contribution in [0.5, 0.6) is 0 Å². The van der Waals surface area contributed by atoms with Crippen molar-refractivity contribution in [2.24, 2.45) is 0 Å². The van der Waals surface area contributed by atoms with Gasteiger partial charge in [-0.05, 0) is 18.4 Å². The first-order valence-electron chi connectivity index (χ1n) is 4.08. The Hall–Kier alpha value is -1.29. The van der Waals surface area contributed by atoms with Crippen molar-refractivity contribution >= 4 is 28.5 Å². The van der Waals surface area contributed by atoms with Crippen LogP contribution in [0, 0.1) is 0 Å². The Labute approximate surface area is 87.1 Å². The van der Waals surface area contributed by atoms with E-state index in [1.807, 2.05) is 18.2 Å². The van der Waals surface area contributed by atoms with E-state index in [1.54, 1.807) is 25.4 Å². The van der Waals surface area contributed by atoms with Gasteiger partial charge in [-0.25, -0.2) is 0 Å². The van der Waals surface area contributed by atoms with Crippen LogP contribution in [0.2, 0.25) is 0 Å². The second-order valence-corrected chi connectivity index (χ2v) is 3.47. The predicted molar refractivity (Wildman–Crippen MR) is 58.4 cm³/mol. The molecule has 0 spiro atoms. The van der Waals surface area contributed by atoms with E-state index < -0.39 is 11.0 Å². The molecular formula is C10H11NO2S. The molecule has 0 saturated heterocycles. The zero-order chi connectivity index (χ0) is 10.6. The van der Waals surface area contributed by atoms with Gasteiger partial charge < -0.3 is 4.90 Å². The highest BCUT2D eigenvalue weighted by Crippen LogP contribution is 2.12. The lowest BCUT2D eigenvalue weighted by molar-refractivity contribution is -0.131. The molecule has 14 heavy (non-hydrogen) atoms. The molecule has 0 aromatic heterocycles. The number of thioether (sulfide) groups is 1. The molecule has 1 aromatic carbocycles. The molecule has 0 saturated carbocycles. The summed E-state index contributed by atoms with van der Waals surface area (Å²) in [5, 5.41) is -0.448. The molecule has 0 heterocycles. The van der Waals surface area contributed by atoms with Gasteiger partial charge in [-0.1, -0.05) is 30.0 Å². The van der Waals surface area contributed by atoms with Crippen molar-refractivity contribution in [3.8, 4) is 0 Å². The molecule has 0 unspecified atom stereocenters. The number of para-hydroxylation sites is 1. The number of carbonyl (C=O) groups excluding carboxylic acids is 2. The number of hydrogen-bond donors (Lipinski definition) is 0. The summed E-state index contributed by atoms with van der Waals surface area (Å²) in [5.41, 5.74) is 0.722. The van der Waals surface area contributed by atoms with Gasteiger partial charge in [0.25, 0.3) is 5.12 Å². The SMILES string of the molecule is CSC(=O)C(=O)N(C)c1ccccc1. The Balaban J connectivity index is 2.81. The van der Waals surface area contributed by atoms with E-state index in [4.69, 9.17) is 0 Å². The van der Waals surface area contributed by atoms with Crippen LogP contribution < -0.4 is 4.90 Å². The monoisotopic (exact) mass is 209 g/mol. The summed E-state index contributed by atoms with van der Waals surface area (Å²) < 4.78 is 0. The number of rotatable bonds is 1. The van der Waals surface area contributed by atoms with E-state index in [0.717, 1.165) is 17.4 Å². The number of nitrogens with zero attached hydrogens (tertiary/aromatic N) is 1. The van der Waals surface area contributed by atoms with Crippen LogP contribution >= 0.6 is 11.8 Å². The van der Waals surface area contributed by atoms with Crippen LogP contribution in [0.4, 0.5) is 5.69 Å². The fourth-order valence-electron chi connectivity index (χ4n) is 0.993. The highest BCUT2D eigenvalue weighted by Gasteiger charge is 2.18. The minimum Gasteiger partial charge on any atom is -0.308 e. The lowest BCUT2D eigenvalue weighted by Gasteiger charge is -2.15. The van der Waals surface area contributed by atoms with Gasteiger partial charge in [0.15, 0.2) is 0 Å². The lowest BCUT2D eigenvalue weighted by atomic mass is 10.3. The first-order valence-corrected chi connectivity index (χ1v) is 5.30. The Morgan fingerprint density at radius 2 is 1.79 bits per heavy atom. The first-order chi connectivity index (χ1) is 6.66. The number of carbonyl (C=O) groups is 2. The molecule has 0 aliphatic rings. The summed E-state index contributed by atoms with van der Waals surface area (Å²) in [4.78, 5) is 23.9. The topological polar surface area (TPSA) is 37.4 Å². The van der Waals surface area contributed by atoms with Crippen molar-refractivity contribution in [2.75, 3.05) is 18.2 Å². The number of hydrogen-bond acceptors (Lipinski definition) is 3. The van der Waals surface area contributed by atoms with Crippen molar-refractivity contribution in [3.63, 3.8) is 0 Å². The normalized spacial score (nSPS) is 9.57. The first kappa shape index (κ1) is 10.8. The molecular weight excluding hydrogens is 198 g/mol. The summed E-state index contributed by atoms with van der Waals surface area (Å²) in [6.07, 6.45) is 1.60. The van der Waals surface area contributed by atoms with E-state index in [0.29, 0.717) is 0 Å². The summed E-state index contributed by atoms with van der Waals surface area (Å²) in [6.45, 7) is 0. The second kappa shape index (κ2) is 4.81.